The fourth-order valence-corrected chi connectivity index (χ4v) is 4.70. The van der Waals surface area contributed by atoms with Gasteiger partial charge in [0.25, 0.3) is 0 Å². The van der Waals surface area contributed by atoms with Crippen LogP contribution in [0.15, 0.2) is 42.5 Å². The van der Waals surface area contributed by atoms with Gasteiger partial charge in [0.15, 0.2) is 0 Å². The molecule has 0 amide bonds. The Morgan fingerprint density at radius 1 is 1.04 bits per heavy atom. The number of halogens is 1. The largest absolute Gasteiger partial charge is 0.357 e. The van der Waals surface area contributed by atoms with E-state index < -0.39 is 0 Å². The molecule has 0 saturated carbocycles. The van der Waals surface area contributed by atoms with Crippen molar-refractivity contribution in [2.24, 2.45) is 0 Å². The van der Waals surface area contributed by atoms with Gasteiger partial charge in [-0.05, 0) is 67.9 Å². The first-order chi connectivity index (χ1) is 11.8. The van der Waals surface area contributed by atoms with E-state index in [0.717, 1.165) is 0 Å². The van der Waals surface area contributed by atoms with Crippen LogP contribution in [0.25, 0.3) is 10.9 Å². The second-order valence-corrected chi connectivity index (χ2v) is 7.55. The molecule has 2 N–H and O–H groups in total. The molecule has 130 valence electrons. The maximum atomic E-state index is 3.97. The van der Waals surface area contributed by atoms with Crippen LogP contribution >= 0.6 is 12.4 Å². The SMILES string of the molecule is Cc1ccc2[nH]c3c(c2c1)CCCC3NC1Cc2ccccc2C1.Cl. The molecule has 0 radical (unpaired) electrons. The van der Waals surface area contributed by atoms with Crippen LogP contribution in [-0.2, 0) is 19.3 Å². The molecule has 0 aliphatic heterocycles. The second kappa shape index (κ2) is 6.51. The van der Waals surface area contributed by atoms with Gasteiger partial charge in [0.1, 0.15) is 0 Å². The summed E-state index contributed by atoms with van der Waals surface area (Å²) in [5, 5.41) is 5.40. The predicted octanol–water partition coefficient (Wildman–Crippen LogP) is 5.03. The standard InChI is InChI=1S/C22H24N2.ClH/c1-14-9-10-20-19(11-14)18-7-4-8-21(22(18)24-20)23-17-12-15-5-2-3-6-16(15)13-17;/h2-3,5-6,9-11,17,21,23-24H,4,7-8,12-13H2,1H3;1H. The molecule has 25 heavy (non-hydrogen) atoms. The maximum absolute atomic E-state index is 3.97. The molecule has 2 aromatic carbocycles. The summed E-state index contributed by atoms with van der Waals surface area (Å²) in [6, 6.07) is 16.8. The summed E-state index contributed by atoms with van der Waals surface area (Å²) in [4.78, 5) is 3.73. The third-order valence-electron chi connectivity index (χ3n) is 5.85. The molecule has 5 rings (SSSR count). The Morgan fingerprint density at radius 2 is 1.80 bits per heavy atom. The number of aromatic amines is 1. The van der Waals surface area contributed by atoms with Crippen molar-refractivity contribution in [3.05, 3.63) is 70.4 Å². The molecule has 0 spiro atoms. The van der Waals surface area contributed by atoms with Crippen LogP contribution in [0.1, 0.15) is 46.8 Å². The highest BCUT2D eigenvalue weighted by Gasteiger charge is 2.28. The van der Waals surface area contributed by atoms with Gasteiger partial charge in [-0.25, -0.2) is 0 Å². The zero-order valence-corrected chi connectivity index (χ0v) is 15.5. The van der Waals surface area contributed by atoms with Crippen molar-refractivity contribution in [1.82, 2.24) is 10.3 Å². The molecule has 3 aromatic rings. The summed E-state index contributed by atoms with van der Waals surface area (Å²) >= 11 is 0. The van der Waals surface area contributed by atoms with Gasteiger partial charge < -0.3 is 10.3 Å². The molecular formula is C22H25ClN2. The topological polar surface area (TPSA) is 27.8 Å². The first-order valence-corrected chi connectivity index (χ1v) is 9.22. The van der Waals surface area contributed by atoms with Crippen molar-refractivity contribution >= 4 is 23.3 Å². The molecule has 1 heterocycles. The van der Waals surface area contributed by atoms with Crippen LogP contribution in [0, 0.1) is 6.92 Å². The van der Waals surface area contributed by atoms with E-state index in [9.17, 15) is 0 Å². The van der Waals surface area contributed by atoms with E-state index in [1.165, 1.54) is 65.4 Å². The average Bonchev–Trinajstić information content (AvgIpc) is 3.16. The van der Waals surface area contributed by atoms with E-state index >= 15 is 0 Å². The van der Waals surface area contributed by atoms with Gasteiger partial charge >= 0.3 is 0 Å². The van der Waals surface area contributed by atoms with Crippen molar-refractivity contribution in [3.8, 4) is 0 Å². The molecule has 2 nitrogen and oxygen atoms in total. The van der Waals surface area contributed by atoms with Crippen molar-refractivity contribution < 1.29 is 0 Å². The lowest BCUT2D eigenvalue weighted by Crippen LogP contribution is -2.35. The van der Waals surface area contributed by atoms with Crippen LogP contribution in [0.3, 0.4) is 0 Å². The van der Waals surface area contributed by atoms with Crippen molar-refractivity contribution in [3.63, 3.8) is 0 Å². The van der Waals surface area contributed by atoms with Gasteiger partial charge in [-0.15, -0.1) is 12.4 Å². The summed E-state index contributed by atoms with van der Waals surface area (Å²) < 4.78 is 0. The Labute approximate surface area is 155 Å². The highest BCUT2D eigenvalue weighted by atomic mass is 35.5. The number of fused-ring (bicyclic) bond motifs is 4. The Hall–Kier alpha value is -1.77. The highest BCUT2D eigenvalue weighted by molar-refractivity contribution is 5.86. The molecule has 0 saturated heterocycles. The number of H-pyrrole nitrogens is 1. The molecule has 0 bridgehead atoms. The van der Waals surface area contributed by atoms with Gasteiger partial charge in [-0.3, -0.25) is 0 Å². The van der Waals surface area contributed by atoms with Crippen LogP contribution in [0.2, 0.25) is 0 Å². The fraction of sp³-hybridized carbons (Fsp3) is 0.364. The zero-order valence-electron chi connectivity index (χ0n) is 14.6. The number of benzene rings is 2. The normalized spacial score (nSPS) is 19.5. The second-order valence-electron chi connectivity index (χ2n) is 7.55. The lowest BCUT2D eigenvalue weighted by molar-refractivity contribution is 0.396. The quantitative estimate of drug-likeness (QED) is 0.665. The summed E-state index contributed by atoms with van der Waals surface area (Å²) in [6.07, 6.45) is 6.07. The van der Waals surface area contributed by atoms with Crippen LogP contribution in [0.4, 0.5) is 0 Å². The average molecular weight is 353 g/mol. The Kier molecular flexibility index (Phi) is 4.35. The summed E-state index contributed by atoms with van der Waals surface area (Å²) in [5.41, 5.74) is 8.70. The van der Waals surface area contributed by atoms with E-state index in [0.29, 0.717) is 12.1 Å². The molecule has 1 atom stereocenters. The molecule has 1 unspecified atom stereocenters. The molecule has 1 aromatic heterocycles. The zero-order chi connectivity index (χ0) is 16.1. The minimum absolute atomic E-state index is 0. The fourth-order valence-electron chi connectivity index (χ4n) is 4.70. The number of rotatable bonds is 2. The lowest BCUT2D eigenvalue weighted by atomic mass is 9.91. The molecule has 2 aliphatic rings. The first-order valence-electron chi connectivity index (χ1n) is 9.22. The lowest BCUT2D eigenvalue weighted by Gasteiger charge is -2.27. The van der Waals surface area contributed by atoms with E-state index in [1.807, 2.05) is 0 Å². The Bertz CT molecular complexity index is 887. The van der Waals surface area contributed by atoms with Gasteiger partial charge in [0, 0.05) is 28.7 Å². The van der Waals surface area contributed by atoms with E-state index in [2.05, 4.69) is 59.7 Å². The van der Waals surface area contributed by atoms with E-state index in [-0.39, 0.29) is 12.4 Å². The summed E-state index contributed by atoms with van der Waals surface area (Å²) in [5.74, 6) is 0. The Morgan fingerprint density at radius 3 is 2.56 bits per heavy atom. The number of nitrogens with one attached hydrogen (secondary N) is 2. The predicted molar refractivity (Wildman–Crippen MR) is 107 cm³/mol. The Balaban J connectivity index is 0.00000157. The van der Waals surface area contributed by atoms with Crippen LogP contribution in [-0.4, -0.2) is 11.0 Å². The van der Waals surface area contributed by atoms with Gasteiger partial charge in [-0.1, -0.05) is 35.9 Å². The van der Waals surface area contributed by atoms with Gasteiger partial charge in [0.05, 0.1) is 0 Å². The molecule has 0 fully saturated rings. The maximum Gasteiger partial charge on any atom is 0.0478 e. The first kappa shape index (κ1) is 16.7. The minimum atomic E-state index is 0. The van der Waals surface area contributed by atoms with Gasteiger partial charge in [-0.2, -0.15) is 0 Å². The van der Waals surface area contributed by atoms with Crippen LogP contribution < -0.4 is 5.32 Å². The summed E-state index contributed by atoms with van der Waals surface area (Å²) in [6.45, 7) is 2.19. The minimum Gasteiger partial charge on any atom is -0.357 e. The number of hydrogen-bond acceptors (Lipinski definition) is 1. The van der Waals surface area contributed by atoms with Gasteiger partial charge in [0.2, 0.25) is 0 Å². The summed E-state index contributed by atoms with van der Waals surface area (Å²) in [7, 11) is 0. The van der Waals surface area contributed by atoms with E-state index in [4.69, 9.17) is 0 Å². The highest BCUT2D eigenvalue weighted by Crippen LogP contribution is 2.36. The van der Waals surface area contributed by atoms with Crippen molar-refractivity contribution in [2.45, 2.75) is 51.1 Å². The molecule has 3 heteroatoms. The van der Waals surface area contributed by atoms with Crippen LogP contribution in [0.5, 0.6) is 0 Å². The van der Waals surface area contributed by atoms with Crippen molar-refractivity contribution in [1.29, 1.82) is 0 Å². The monoisotopic (exact) mass is 352 g/mol. The van der Waals surface area contributed by atoms with E-state index in [1.54, 1.807) is 5.56 Å². The number of hydrogen-bond donors (Lipinski definition) is 2. The third kappa shape index (κ3) is 2.88. The number of aromatic nitrogens is 1. The smallest absolute Gasteiger partial charge is 0.0478 e. The third-order valence-corrected chi connectivity index (χ3v) is 5.85. The molecular weight excluding hydrogens is 328 g/mol. The van der Waals surface area contributed by atoms with Crippen molar-refractivity contribution in [2.75, 3.05) is 0 Å². The number of aryl methyl sites for hydroxylation is 2. The molecule has 2 aliphatic carbocycles.